The Hall–Kier alpha value is -1.32. The third-order valence-corrected chi connectivity index (χ3v) is 6.46. The normalized spacial score (nSPS) is 22.6. The third-order valence-electron chi connectivity index (χ3n) is 6.46. The van der Waals surface area contributed by atoms with Gasteiger partial charge in [-0.3, -0.25) is 0 Å². The summed E-state index contributed by atoms with van der Waals surface area (Å²) in [5.41, 5.74) is 3.99. The molecule has 0 radical (unpaired) electrons. The fraction of sp³-hybridized carbons (Fsp3) is 0.680. The van der Waals surface area contributed by atoms with Gasteiger partial charge in [-0.2, -0.15) is 0 Å². The lowest BCUT2D eigenvalue weighted by Crippen LogP contribution is -2.38. The van der Waals surface area contributed by atoms with Crippen molar-refractivity contribution in [2.75, 3.05) is 57.8 Å². The molecule has 0 atom stereocenters. The van der Waals surface area contributed by atoms with E-state index in [9.17, 15) is 0 Å². The molecule has 1 aliphatic carbocycles. The number of aryl methyl sites for hydroxylation is 1. The molecule has 0 unspecified atom stereocenters. The minimum absolute atomic E-state index is 0.937. The van der Waals surface area contributed by atoms with Gasteiger partial charge in [-0.25, -0.2) is 0 Å². The van der Waals surface area contributed by atoms with E-state index in [0.717, 1.165) is 25.6 Å². The molecule has 3 nitrogen and oxygen atoms in total. The first-order chi connectivity index (χ1) is 13.6. The molecule has 156 valence electrons. The van der Waals surface area contributed by atoms with Gasteiger partial charge in [0.25, 0.3) is 0 Å². The van der Waals surface area contributed by atoms with Gasteiger partial charge >= 0.3 is 0 Å². The van der Waals surface area contributed by atoms with Gasteiger partial charge < -0.3 is 14.7 Å². The van der Waals surface area contributed by atoms with Crippen molar-refractivity contribution in [3.8, 4) is 0 Å². The molecule has 2 aliphatic rings. The van der Waals surface area contributed by atoms with Gasteiger partial charge in [0.05, 0.1) is 0 Å². The second-order valence-electron chi connectivity index (χ2n) is 9.26. The van der Waals surface area contributed by atoms with Crippen molar-refractivity contribution in [3.63, 3.8) is 0 Å². The van der Waals surface area contributed by atoms with Crippen molar-refractivity contribution in [3.05, 3.63) is 42.0 Å². The number of nitrogens with zero attached hydrogens (tertiary/aromatic N) is 3. The Bertz CT molecular complexity index is 588. The average Bonchev–Trinajstić information content (AvgIpc) is 2.67. The molecule has 1 aromatic rings. The van der Waals surface area contributed by atoms with Gasteiger partial charge in [0, 0.05) is 31.9 Å². The number of rotatable bonds is 3. The molecule has 2 fully saturated rings. The van der Waals surface area contributed by atoms with Crippen LogP contribution in [-0.4, -0.2) is 62.7 Å². The number of anilines is 1. The van der Waals surface area contributed by atoms with Crippen LogP contribution in [0, 0.1) is 12.8 Å². The predicted octanol–water partition coefficient (Wildman–Crippen LogP) is 4.97. The Labute approximate surface area is 173 Å². The lowest BCUT2D eigenvalue weighted by molar-refractivity contribution is 0.189. The lowest BCUT2D eigenvalue weighted by Gasteiger charge is -2.33. The standard InChI is InChI=1S/C25H41N3/c1-22-11-13-25(14-12-22)28-18-8-17-27(21-24-9-5-4-6-10-24)16-7-15-26(3)19-23(2)20-28/h11-14,24H,2,4-10,15-21H2,1,3H3. The molecule has 1 heterocycles. The second kappa shape index (κ2) is 11.0. The number of benzene rings is 1. The minimum Gasteiger partial charge on any atom is -0.367 e. The maximum atomic E-state index is 4.38. The van der Waals surface area contributed by atoms with E-state index in [1.807, 2.05) is 0 Å². The monoisotopic (exact) mass is 383 g/mol. The zero-order valence-electron chi connectivity index (χ0n) is 18.3. The highest BCUT2D eigenvalue weighted by molar-refractivity contribution is 5.48. The molecule has 1 saturated heterocycles. The fourth-order valence-electron chi connectivity index (χ4n) is 4.91. The summed E-state index contributed by atoms with van der Waals surface area (Å²) in [6.07, 6.45) is 9.77. The first-order valence-electron chi connectivity index (χ1n) is 11.5. The number of hydrogen-bond donors (Lipinski definition) is 0. The van der Waals surface area contributed by atoms with Gasteiger partial charge in [-0.15, -0.1) is 0 Å². The summed E-state index contributed by atoms with van der Waals surface area (Å²) < 4.78 is 0. The maximum Gasteiger partial charge on any atom is 0.0398 e. The maximum absolute atomic E-state index is 4.38. The molecule has 1 saturated carbocycles. The quantitative estimate of drug-likeness (QED) is 0.683. The highest BCUT2D eigenvalue weighted by atomic mass is 15.2. The van der Waals surface area contributed by atoms with Crippen LogP contribution in [0.2, 0.25) is 0 Å². The highest BCUT2D eigenvalue weighted by Gasteiger charge is 2.18. The largest absolute Gasteiger partial charge is 0.367 e. The first-order valence-corrected chi connectivity index (χ1v) is 11.5. The zero-order valence-corrected chi connectivity index (χ0v) is 18.3. The van der Waals surface area contributed by atoms with Gasteiger partial charge in [-0.05, 0) is 82.9 Å². The SMILES string of the molecule is C=C1CN(C)CCCN(CC2CCCCC2)CCCN(c2ccc(C)cc2)C1. The van der Waals surface area contributed by atoms with Crippen LogP contribution in [0.5, 0.6) is 0 Å². The molecular weight excluding hydrogens is 342 g/mol. The Morgan fingerprint density at radius 3 is 2.25 bits per heavy atom. The van der Waals surface area contributed by atoms with Crippen LogP contribution < -0.4 is 4.90 Å². The summed E-state index contributed by atoms with van der Waals surface area (Å²) >= 11 is 0. The second-order valence-corrected chi connectivity index (χ2v) is 9.26. The van der Waals surface area contributed by atoms with E-state index in [1.54, 1.807) is 0 Å². The van der Waals surface area contributed by atoms with E-state index in [2.05, 4.69) is 59.5 Å². The Morgan fingerprint density at radius 2 is 1.54 bits per heavy atom. The van der Waals surface area contributed by atoms with Gasteiger partial charge in [0.2, 0.25) is 0 Å². The topological polar surface area (TPSA) is 9.72 Å². The predicted molar refractivity (Wildman–Crippen MR) is 122 cm³/mol. The fourth-order valence-corrected chi connectivity index (χ4v) is 4.91. The van der Waals surface area contributed by atoms with E-state index < -0.39 is 0 Å². The molecule has 28 heavy (non-hydrogen) atoms. The van der Waals surface area contributed by atoms with Crippen molar-refractivity contribution in [2.45, 2.75) is 51.9 Å². The molecule has 0 bridgehead atoms. The molecule has 0 amide bonds. The van der Waals surface area contributed by atoms with Crippen LogP contribution in [-0.2, 0) is 0 Å². The molecular formula is C25H41N3. The lowest BCUT2D eigenvalue weighted by atomic mass is 9.89. The highest BCUT2D eigenvalue weighted by Crippen LogP contribution is 2.25. The number of hydrogen-bond acceptors (Lipinski definition) is 3. The molecule has 3 rings (SSSR count). The minimum atomic E-state index is 0.937. The van der Waals surface area contributed by atoms with Crippen molar-refractivity contribution < 1.29 is 0 Å². The summed E-state index contributed by atoms with van der Waals surface area (Å²) in [7, 11) is 2.25. The Morgan fingerprint density at radius 1 is 0.857 bits per heavy atom. The summed E-state index contributed by atoms with van der Waals surface area (Å²) in [6.45, 7) is 14.6. The van der Waals surface area contributed by atoms with Crippen molar-refractivity contribution in [1.82, 2.24) is 9.80 Å². The van der Waals surface area contributed by atoms with E-state index in [-0.39, 0.29) is 0 Å². The molecule has 0 aromatic heterocycles. The smallest absolute Gasteiger partial charge is 0.0398 e. The van der Waals surface area contributed by atoms with E-state index in [4.69, 9.17) is 0 Å². The van der Waals surface area contributed by atoms with Crippen LogP contribution in [0.3, 0.4) is 0 Å². The molecule has 1 aliphatic heterocycles. The van der Waals surface area contributed by atoms with Crippen LogP contribution in [0.4, 0.5) is 5.69 Å². The summed E-state index contributed by atoms with van der Waals surface area (Å²) in [5.74, 6) is 0.937. The van der Waals surface area contributed by atoms with Crippen molar-refractivity contribution in [1.29, 1.82) is 0 Å². The van der Waals surface area contributed by atoms with Crippen molar-refractivity contribution in [2.24, 2.45) is 5.92 Å². The zero-order chi connectivity index (χ0) is 19.8. The van der Waals surface area contributed by atoms with Crippen molar-refractivity contribution >= 4 is 5.69 Å². The molecule has 0 spiro atoms. The van der Waals surface area contributed by atoms with E-state index >= 15 is 0 Å². The average molecular weight is 384 g/mol. The summed E-state index contributed by atoms with van der Waals surface area (Å²) in [5, 5.41) is 0. The summed E-state index contributed by atoms with van der Waals surface area (Å²) in [4.78, 5) is 7.76. The van der Waals surface area contributed by atoms with Gasteiger partial charge in [0.1, 0.15) is 0 Å². The van der Waals surface area contributed by atoms with Crippen LogP contribution >= 0.6 is 0 Å². The van der Waals surface area contributed by atoms with Crippen LogP contribution in [0.15, 0.2) is 36.4 Å². The Kier molecular flexibility index (Phi) is 8.42. The molecule has 0 N–H and O–H groups in total. The number of likely N-dealkylation sites (N-methyl/N-ethyl adjacent to an activating group) is 1. The van der Waals surface area contributed by atoms with E-state index in [1.165, 1.54) is 87.9 Å². The van der Waals surface area contributed by atoms with E-state index in [0.29, 0.717) is 0 Å². The van der Waals surface area contributed by atoms with Crippen LogP contribution in [0.25, 0.3) is 0 Å². The van der Waals surface area contributed by atoms with Crippen LogP contribution in [0.1, 0.15) is 50.5 Å². The Balaban J connectivity index is 1.64. The van der Waals surface area contributed by atoms with Gasteiger partial charge in [-0.1, -0.05) is 43.5 Å². The summed E-state index contributed by atoms with van der Waals surface area (Å²) in [6, 6.07) is 9.02. The molecule has 1 aromatic carbocycles. The molecule has 3 heteroatoms. The van der Waals surface area contributed by atoms with Gasteiger partial charge in [0.15, 0.2) is 0 Å². The first kappa shape index (κ1) is 21.4. The third kappa shape index (κ3) is 6.93.